The molecule has 1 aliphatic heterocycles. The number of nitrogens with zero attached hydrogens (tertiary/aromatic N) is 1. The molecule has 1 heterocycles. The first-order valence-corrected chi connectivity index (χ1v) is 7.51. The molecule has 0 amide bonds. The van der Waals surface area contributed by atoms with Crippen molar-refractivity contribution in [2.45, 2.75) is 19.1 Å². The fraction of sp³-hybridized carbons (Fsp3) is 0.385. The van der Waals surface area contributed by atoms with Crippen molar-refractivity contribution < 1.29 is 9.09 Å². The van der Waals surface area contributed by atoms with Gasteiger partial charge in [0.1, 0.15) is 6.10 Å². The molecule has 17 heavy (non-hydrogen) atoms. The van der Waals surface area contributed by atoms with E-state index in [0.717, 1.165) is 5.56 Å². The SMILES string of the molecule is C=CCP1(=O)O[C@H](c2ccccc2)[C@H](C)N1C. The minimum Gasteiger partial charge on any atom is -0.307 e. The molecular weight excluding hydrogens is 233 g/mol. The van der Waals surface area contributed by atoms with Crippen molar-refractivity contribution in [3.63, 3.8) is 0 Å². The molecule has 3 atom stereocenters. The molecule has 0 aliphatic carbocycles. The van der Waals surface area contributed by atoms with E-state index in [9.17, 15) is 4.57 Å². The molecule has 0 radical (unpaired) electrons. The normalized spacial score (nSPS) is 33.8. The number of hydrogen-bond donors (Lipinski definition) is 0. The predicted octanol–water partition coefficient (Wildman–Crippen LogP) is 3.46. The number of benzene rings is 1. The van der Waals surface area contributed by atoms with Crippen LogP contribution in [-0.2, 0) is 9.09 Å². The Labute approximate surface area is 103 Å². The minimum absolute atomic E-state index is 0.114. The Balaban J connectivity index is 2.29. The molecule has 1 saturated heterocycles. The summed E-state index contributed by atoms with van der Waals surface area (Å²) in [6.45, 7) is 5.69. The number of rotatable bonds is 3. The zero-order valence-corrected chi connectivity index (χ0v) is 11.1. The van der Waals surface area contributed by atoms with Crippen LogP contribution in [0.15, 0.2) is 43.0 Å². The van der Waals surface area contributed by atoms with Crippen LogP contribution < -0.4 is 0 Å². The Kier molecular flexibility index (Phi) is 3.53. The van der Waals surface area contributed by atoms with Gasteiger partial charge >= 0.3 is 0 Å². The fourth-order valence-electron chi connectivity index (χ4n) is 2.13. The molecule has 0 spiro atoms. The van der Waals surface area contributed by atoms with E-state index in [1.165, 1.54) is 0 Å². The molecule has 92 valence electrons. The second-order valence-electron chi connectivity index (χ2n) is 4.36. The Bertz CT molecular complexity index is 446. The van der Waals surface area contributed by atoms with Crippen LogP contribution in [0.2, 0.25) is 0 Å². The average Bonchev–Trinajstić information content (AvgIpc) is 2.56. The van der Waals surface area contributed by atoms with E-state index >= 15 is 0 Å². The van der Waals surface area contributed by atoms with Gasteiger partial charge in [0.05, 0.1) is 6.16 Å². The van der Waals surface area contributed by atoms with E-state index in [0.29, 0.717) is 6.16 Å². The standard InChI is InChI=1S/C13H18NO2P/c1-4-10-17(15)14(3)11(2)13(16-17)12-8-6-5-7-9-12/h4-9,11,13H,1,10H2,2-3H3/t11-,13-,17?/m0/s1. The van der Waals surface area contributed by atoms with Crippen LogP contribution in [-0.4, -0.2) is 23.9 Å². The first-order valence-electron chi connectivity index (χ1n) is 5.75. The maximum atomic E-state index is 12.6. The summed E-state index contributed by atoms with van der Waals surface area (Å²) in [5.74, 6) is 0. The summed E-state index contributed by atoms with van der Waals surface area (Å²) in [6, 6.07) is 10.1. The van der Waals surface area contributed by atoms with Crippen LogP contribution in [0, 0.1) is 0 Å². The van der Waals surface area contributed by atoms with Gasteiger partial charge in [0.2, 0.25) is 0 Å². The van der Waals surface area contributed by atoms with Crippen molar-refractivity contribution >= 4 is 7.52 Å². The summed E-state index contributed by atoms with van der Waals surface area (Å²) in [5.41, 5.74) is 1.08. The molecular formula is C13H18NO2P. The molecule has 1 aromatic carbocycles. The zero-order valence-electron chi connectivity index (χ0n) is 10.2. The second-order valence-corrected chi connectivity index (χ2v) is 6.84. The third kappa shape index (κ3) is 2.23. The molecule has 4 heteroatoms. The number of allylic oxidation sites excluding steroid dienone is 1. The molecule has 1 aliphatic rings. The monoisotopic (exact) mass is 251 g/mol. The predicted molar refractivity (Wildman–Crippen MR) is 70.2 cm³/mol. The highest BCUT2D eigenvalue weighted by Gasteiger charge is 2.45. The van der Waals surface area contributed by atoms with Gasteiger partial charge in [-0.05, 0) is 19.5 Å². The van der Waals surface area contributed by atoms with E-state index in [4.69, 9.17) is 4.52 Å². The molecule has 3 nitrogen and oxygen atoms in total. The zero-order chi connectivity index (χ0) is 12.5. The van der Waals surface area contributed by atoms with E-state index < -0.39 is 7.52 Å². The lowest BCUT2D eigenvalue weighted by molar-refractivity contribution is 0.211. The molecule has 0 aromatic heterocycles. The van der Waals surface area contributed by atoms with Crippen LogP contribution in [0.4, 0.5) is 0 Å². The van der Waals surface area contributed by atoms with Crippen LogP contribution in [0.1, 0.15) is 18.6 Å². The van der Waals surface area contributed by atoms with E-state index in [1.54, 1.807) is 6.08 Å². The molecule has 0 bridgehead atoms. The topological polar surface area (TPSA) is 29.5 Å². The Hall–Kier alpha value is -0.890. The lowest BCUT2D eigenvalue weighted by atomic mass is 10.0. The van der Waals surface area contributed by atoms with Crippen molar-refractivity contribution in [3.05, 3.63) is 48.6 Å². The first-order chi connectivity index (χ1) is 8.08. The molecule has 1 unspecified atom stereocenters. The highest BCUT2D eigenvalue weighted by Crippen LogP contribution is 2.61. The summed E-state index contributed by atoms with van der Waals surface area (Å²) in [6.07, 6.45) is 1.95. The lowest BCUT2D eigenvalue weighted by Gasteiger charge is -2.19. The van der Waals surface area contributed by atoms with Crippen LogP contribution in [0.3, 0.4) is 0 Å². The van der Waals surface area contributed by atoms with Crippen LogP contribution in [0.25, 0.3) is 0 Å². The van der Waals surface area contributed by atoms with Gasteiger partial charge in [-0.1, -0.05) is 36.4 Å². The minimum atomic E-state index is -2.72. The van der Waals surface area contributed by atoms with Gasteiger partial charge in [-0.2, -0.15) is 0 Å². The van der Waals surface area contributed by atoms with E-state index in [1.807, 2.05) is 49.0 Å². The summed E-state index contributed by atoms with van der Waals surface area (Å²) in [5, 5.41) is 0. The van der Waals surface area contributed by atoms with Gasteiger partial charge in [-0.3, -0.25) is 4.57 Å². The molecule has 0 N–H and O–H groups in total. The van der Waals surface area contributed by atoms with Crippen LogP contribution in [0.5, 0.6) is 0 Å². The number of likely N-dealkylation sites (N-methyl/N-ethyl adjacent to an activating group) is 1. The van der Waals surface area contributed by atoms with Crippen molar-refractivity contribution in [3.8, 4) is 0 Å². The van der Waals surface area contributed by atoms with E-state index in [2.05, 4.69) is 6.58 Å². The third-order valence-electron chi connectivity index (χ3n) is 3.27. The molecule has 2 rings (SSSR count). The lowest BCUT2D eigenvalue weighted by Crippen LogP contribution is -2.23. The molecule has 1 fully saturated rings. The van der Waals surface area contributed by atoms with Gasteiger partial charge < -0.3 is 4.52 Å². The quantitative estimate of drug-likeness (QED) is 0.608. The van der Waals surface area contributed by atoms with Crippen molar-refractivity contribution in [1.29, 1.82) is 0 Å². The van der Waals surface area contributed by atoms with Gasteiger partial charge in [-0.25, -0.2) is 4.67 Å². The van der Waals surface area contributed by atoms with Gasteiger partial charge in [0.25, 0.3) is 7.52 Å². The van der Waals surface area contributed by atoms with Crippen LogP contribution >= 0.6 is 7.52 Å². The Morgan fingerprint density at radius 3 is 2.71 bits per heavy atom. The summed E-state index contributed by atoms with van der Waals surface area (Å²) >= 11 is 0. The summed E-state index contributed by atoms with van der Waals surface area (Å²) in [4.78, 5) is 0. The van der Waals surface area contributed by atoms with Crippen molar-refractivity contribution in [1.82, 2.24) is 4.67 Å². The maximum absolute atomic E-state index is 12.6. The Morgan fingerprint density at radius 1 is 1.47 bits per heavy atom. The van der Waals surface area contributed by atoms with Gasteiger partial charge in [0, 0.05) is 6.04 Å². The largest absolute Gasteiger partial charge is 0.307 e. The first kappa shape index (κ1) is 12.6. The van der Waals surface area contributed by atoms with Gasteiger partial charge in [-0.15, -0.1) is 6.58 Å². The van der Waals surface area contributed by atoms with Crippen molar-refractivity contribution in [2.75, 3.05) is 13.2 Å². The summed E-state index contributed by atoms with van der Waals surface area (Å²) < 4.78 is 20.2. The molecule has 1 aromatic rings. The second kappa shape index (κ2) is 4.77. The molecule has 0 saturated carbocycles. The highest BCUT2D eigenvalue weighted by atomic mass is 31.2. The third-order valence-corrected chi connectivity index (χ3v) is 5.88. The smallest absolute Gasteiger partial charge is 0.276 e. The summed E-state index contributed by atoms with van der Waals surface area (Å²) in [7, 11) is -0.865. The average molecular weight is 251 g/mol. The van der Waals surface area contributed by atoms with E-state index in [-0.39, 0.29) is 12.1 Å². The maximum Gasteiger partial charge on any atom is 0.276 e. The van der Waals surface area contributed by atoms with Gasteiger partial charge in [0.15, 0.2) is 0 Å². The fourth-order valence-corrected chi connectivity index (χ4v) is 4.28. The number of hydrogen-bond acceptors (Lipinski definition) is 2. The Morgan fingerprint density at radius 2 is 2.12 bits per heavy atom. The van der Waals surface area contributed by atoms with Crippen molar-refractivity contribution in [2.24, 2.45) is 0 Å². The highest BCUT2D eigenvalue weighted by molar-refractivity contribution is 7.56.